The fraction of sp³-hybridized carbons (Fsp3) is 0.0357. The molecule has 0 spiro atoms. The van der Waals surface area contributed by atoms with Crippen molar-refractivity contribution in [3.05, 3.63) is 109 Å². The number of hydrogen-bond acceptors (Lipinski definition) is 4. The molecule has 6 heteroatoms. The van der Waals surface area contributed by atoms with Crippen molar-refractivity contribution in [1.29, 1.82) is 0 Å². The topological polar surface area (TPSA) is 56.7 Å². The van der Waals surface area contributed by atoms with Crippen molar-refractivity contribution in [1.82, 2.24) is 19.7 Å². The van der Waals surface area contributed by atoms with E-state index < -0.39 is 0 Å². The van der Waals surface area contributed by atoms with Gasteiger partial charge in [-0.25, -0.2) is 0 Å². The number of aryl methyl sites for hydroxylation is 1. The van der Waals surface area contributed by atoms with Crippen LogP contribution in [0.4, 0.5) is 0 Å². The molecular formula is C28H19IrN4O-. The van der Waals surface area contributed by atoms with Crippen molar-refractivity contribution in [3.63, 3.8) is 0 Å². The Morgan fingerprint density at radius 1 is 0.794 bits per heavy atom. The molecular weight excluding hydrogens is 601 g/mol. The van der Waals surface area contributed by atoms with Gasteiger partial charge >= 0.3 is 0 Å². The fourth-order valence-electron chi connectivity index (χ4n) is 4.22. The zero-order chi connectivity index (χ0) is 22.2. The molecule has 1 radical (unpaired) electrons. The number of oxazole rings is 1. The van der Waals surface area contributed by atoms with Crippen molar-refractivity contribution in [2.75, 3.05) is 0 Å². The maximum Gasteiger partial charge on any atom is 0.180 e. The van der Waals surface area contributed by atoms with Crippen LogP contribution in [0.25, 0.3) is 50.4 Å². The summed E-state index contributed by atoms with van der Waals surface area (Å²) in [6.07, 6.45) is 1.57. The van der Waals surface area contributed by atoms with E-state index in [9.17, 15) is 0 Å². The van der Waals surface area contributed by atoms with Gasteiger partial charge in [0.2, 0.25) is 0 Å². The quantitative estimate of drug-likeness (QED) is 0.211. The van der Waals surface area contributed by atoms with Gasteiger partial charge in [-0.3, -0.25) is 14.6 Å². The molecule has 6 aromatic rings. The van der Waals surface area contributed by atoms with Gasteiger partial charge in [0.15, 0.2) is 5.89 Å². The number of nitrogens with zero attached hydrogens (tertiary/aromatic N) is 4. The minimum absolute atomic E-state index is 0. The molecule has 6 rings (SSSR count). The minimum Gasteiger partial charge on any atom is -0.461 e. The summed E-state index contributed by atoms with van der Waals surface area (Å²) < 4.78 is 7.64. The van der Waals surface area contributed by atoms with Crippen LogP contribution < -0.4 is 0 Å². The van der Waals surface area contributed by atoms with Crippen LogP contribution in [0.1, 0.15) is 5.89 Å². The summed E-state index contributed by atoms with van der Waals surface area (Å²) in [5.41, 5.74) is 7.46. The van der Waals surface area contributed by atoms with Gasteiger partial charge in [0, 0.05) is 43.7 Å². The second kappa shape index (κ2) is 9.18. The van der Waals surface area contributed by atoms with E-state index in [2.05, 4.69) is 63.6 Å². The molecule has 0 fully saturated rings. The number of aromatic nitrogens is 4. The van der Waals surface area contributed by atoms with Crippen LogP contribution in [0, 0.1) is 13.0 Å². The number of para-hydroxylation sites is 1. The van der Waals surface area contributed by atoms with E-state index in [-0.39, 0.29) is 20.1 Å². The summed E-state index contributed by atoms with van der Waals surface area (Å²) in [5.74, 6) is 1.26. The van der Waals surface area contributed by atoms with Crippen molar-refractivity contribution in [2.45, 2.75) is 6.92 Å². The third-order valence-corrected chi connectivity index (χ3v) is 5.65. The van der Waals surface area contributed by atoms with Gasteiger partial charge in [0.1, 0.15) is 6.33 Å². The normalized spacial score (nSPS) is 10.9. The predicted octanol–water partition coefficient (Wildman–Crippen LogP) is 6.52. The maximum absolute atomic E-state index is 5.75. The Bertz CT molecular complexity index is 1510. The van der Waals surface area contributed by atoms with Crippen molar-refractivity contribution in [3.8, 4) is 39.3 Å². The summed E-state index contributed by atoms with van der Waals surface area (Å²) in [7, 11) is 0. The Kier molecular flexibility index (Phi) is 5.93. The Morgan fingerprint density at radius 2 is 1.44 bits per heavy atom. The van der Waals surface area contributed by atoms with Crippen LogP contribution in [0.3, 0.4) is 0 Å². The molecule has 0 saturated carbocycles. The third-order valence-electron chi connectivity index (χ3n) is 5.65. The van der Waals surface area contributed by atoms with Crippen molar-refractivity contribution < 1.29 is 24.5 Å². The molecule has 0 amide bonds. The summed E-state index contributed by atoms with van der Waals surface area (Å²) in [6, 6.07) is 34.0. The molecule has 0 bridgehead atoms. The van der Waals surface area contributed by atoms with Crippen molar-refractivity contribution >= 4 is 11.1 Å². The Labute approximate surface area is 210 Å². The van der Waals surface area contributed by atoms with E-state index in [1.54, 1.807) is 6.33 Å². The molecule has 0 N–H and O–H groups in total. The van der Waals surface area contributed by atoms with Crippen molar-refractivity contribution in [2.24, 2.45) is 0 Å². The van der Waals surface area contributed by atoms with Gasteiger partial charge in [-0.1, -0.05) is 90.5 Å². The summed E-state index contributed by atoms with van der Waals surface area (Å²) in [6.45, 7) is 1.84. The molecule has 0 aliphatic carbocycles. The van der Waals surface area contributed by atoms with Gasteiger partial charge in [-0.05, 0) is 11.1 Å². The Morgan fingerprint density at radius 3 is 2.09 bits per heavy atom. The predicted molar refractivity (Wildman–Crippen MR) is 129 cm³/mol. The second-order valence-corrected chi connectivity index (χ2v) is 7.73. The van der Waals surface area contributed by atoms with E-state index in [1.807, 2.05) is 60.1 Å². The summed E-state index contributed by atoms with van der Waals surface area (Å²) in [5, 5.41) is 4.68. The molecule has 2 heterocycles. The first kappa shape index (κ1) is 22.0. The van der Waals surface area contributed by atoms with Crippen LogP contribution >= 0.6 is 0 Å². The number of fused-ring (bicyclic) bond motifs is 1. The van der Waals surface area contributed by atoms with Gasteiger partial charge in [-0.2, -0.15) is 5.10 Å². The minimum atomic E-state index is 0. The maximum atomic E-state index is 5.75. The number of hydrogen-bond donors (Lipinski definition) is 0. The van der Waals surface area contributed by atoms with E-state index in [1.165, 1.54) is 0 Å². The fourth-order valence-corrected chi connectivity index (χ4v) is 4.22. The average molecular weight is 620 g/mol. The largest absolute Gasteiger partial charge is 0.461 e. The van der Waals surface area contributed by atoms with Gasteiger partial charge in [0.25, 0.3) is 0 Å². The second-order valence-electron chi connectivity index (χ2n) is 7.73. The smallest absolute Gasteiger partial charge is 0.180 e. The van der Waals surface area contributed by atoms with E-state index in [0.717, 1.165) is 39.0 Å². The molecule has 2 aromatic heterocycles. The zero-order valence-corrected chi connectivity index (χ0v) is 20.7. The summed E-state index contributed by atoms with van der Waals surface area (Å²) >= 11 is 0. The van der Waals surface area contributed by atoms with Gasteiger partial charge < -0.3 is 4.42 Å². The van der Waals surface area contributed by atoms with Crippen LogP contribution in [-0.4, -0.2) is 19.7 Å². The first-order valence-electron chi connectivity index (χ1n) is 10.7. The molecule has 34 heavy (non-hydrogen) atoms. The summed E-state index contributed by atoms with van der Waals surface area (Å²) in [4.78, 5) is 9.22. The molecule has 0 aliphatic rings. The number of rotatable bonds is 4. The molecule has 167 valence electrons. The molecule has 0 atom stereocenters. The van der Waals surface area contributed by atoms with Gasteiger partial charge in [-0.15, -0.1) is 12.1 Å². The number of benzene rings is 4. The SMILES string of the molecule is Cc1nc2c(-c3ncnn3-c3c(-c4ccccc4)cccc3-c3ccccc3)[c-]ccc2o1.[Ir]. The Hall–Kier alpha value is -3.86. The zero-order valence-electron chi connectivity index (χ0n) is 18.3. The Balaban J connectivity index is 0.00000241. The van der Waals surface area contributed by atoms with Crippen LogP contribution in [0.15, 0.2) is 102 Å². The molecule has 0 unspecified atom stereocenters. The van der Waals surface area contributed by atoms with Crippen LogP contribution in [-0.2, 0) is 20.1 Å². The van der Waals surface area contributed by atoms with Gasteiger partial charge in [0.05, 0.1) is 17.1 Å². The molecule has 5 nitrogen and oxygen atoms in total. The first-order valence-corrected chi connectivity index (χ1v) is 10.7. The van der Waals surface area contributed by atoms with Crippen LogP contribution in [0.2, 0.25) is 0 Å². The van der Waals surface area contributed by atoms with E-state index >= 15 is 0 Å². The third kappa shape index (κ3) is 3.77. The molecule has 0 saturated heterocycles. The van der Waals surface area contributed by atoms with E-state index in [0.29, 0.717) is 17.3 Å². The van der Waals surface area contributed by atoms with E-state index in [4.69, 9.17) is 4.42 Å². The van der Waals surface area contributed by atoms with Crippen LogP contribution in [0.5, 0.6) is 0 Å². The molecule has 0 aliphatic heterocycles. The first-order chi connectivity index (χ1) is 16.3. The average Bonchev–Trinajstić information content (AvgIpc) is 3.50. The molecule has 4 aromatic carbocycles. The monoisotopic (exact) mass is 620 g/mol. The standard InChI is InChI=1S/C28H19N4O.Ir/c1-19-31-26-24(16-9-17-25(26)33-19)28-29-18-30-32(28)27-22(20-10-4-2-5-11-20)14-8-15-23(27)21-12-6-3-7-13-21;/h2-15,17-18H,1H3;/q-1;.